The van der Waals surface area contributed by atoms with Crippen LogP contribution in [0.25, 0.3) is 10.9 Å². The third-order valence-electron chi connectivity index (χ3n) is 4.95. The molecule has 0 aliphatic carbocycles. The van der Waals surface area contributed by atoms with Gasteiger partial charge in [0.2, 0.25) is 11.2 Å². The van der Waals surface area contributed by atoms with E-state index >= 15 is 0 Å². The van der Waals surface area contributed by atoms with Gasteiger partial charge in [-0.3, -0.25) is 9.59 Å². The molecule has 1 aromatic heterocycles. The van der Waals surface area contributed by atoms with E-state index in [1.54, 1.807) is 31.3 Å². The fraction of sp³-hybridized carbons (Fsp3) is 0.273. The molecule has 0 spiro atoms. The van der Waals surface area contributed by atoms with Crippen LogP contribution in [-0.4, -0.2) is 53.5 Å². The maximum Gasteiger partial charge on any atom is 0.263 e. The Morgan fingerprint density at radius 2 is 1.45 bits per heavy atom. The Bertz CT molecular complexity index is 1160. The summed E-state index contributed by atoms with van der Waals surface area (Å²) in [5.74, 6) is 1.48. The van der Waals surface area contributed by atoms with Crippen molar-refractivity contribution in [3.8, 4) is 28.7 Å². The highest BCUT2D eigenvalue weighted by molar-refractivity contribution is 6.07. The minimum absolute atomic E-state index is 0.0489. The number of rotatable bonds is 7. The number of aromatic nitrogens is 1. The Balaban J connectivity index is 2.11. The third-order valence-corrected chi connectivity index (χ3v) is 4.95. The van der Waals surface area contributed by atoms with Crippen LogP contribution in [0.3, 0.4) is 0 Å². The van der Waals surface area contributed by atoms with Crippen molar-refractivity contribution in [3.05, 3.63) is 46.2 Å². The number of ether oxygens (including phenoxy) is 5. The molecule has 164 valence electrons. The first kappa shape index (κ1) is 21.8. The highest BCUT2D eigenvalue weighted by atomic mass is 16.5. The van der Waals surface area contributed by atoms with Crippen molar-refractivity contribution in [2.75, 3.05) is 47.5 Å². The van der Waals surface area contributed by atoms with Crippen molar-refractivity contribution in [1.82, 2.24) is 4.98 Å². The van der Waals surface area contributed by atoms with Crippen LogP contribution in [0.4, 0.5) is 5.69 Å². The van der Waals surface area contributed by atoms with E-state index in [-0.39, 0.29) is 10.9 Å². The van der Waals surface area contributed by atoms with Crippen LogP contribution in [-0.2, 0) is 0 Å². The molecule has 2 aromatic carbocycles. The number of nitrogens with zero attached hydrogens (tertiary/aromatic N) is 1. The van der Waals surface area contributed by atoms with Gasteiger partial charge < -0.3 is 33.6 Å². The molecule has 9 heteroatoms. The van der Waals surface area contributed by atoms with Crippen LogP contribution in [0.15, 0.2) is 35.3 Å². The van der Waals surface area contributed by atoms with E-state index in [0.29, 0.717) is 40.0 Å². The zero-order chi connectivity index (χ0) is 22.7. The summed E-state index contributed by atoms with van der Waals surface area (Å²) >= 11 is 0. The van der Waals surface area contributed by atoms with Gasteiger partial charge in [-0.05, 0) is 0 Å². The smallest absolute Gasteiger partial charge is 0.263 e. The van der Waals surface area contributed by atoms with E-state index < -0.39 is 11.3 Å². The highest BCUT2D eigenvalue weighted by Gasteiger charge is 2.23. The summed E-state index contributed by atoms with van der Waals surface area (Å²) in [6.07, 6.45) is 1.38. The molecule has 0 bridgehead atoms. The van der Waals surface area contributed by atoms with Gasteiger partial charge in [-0.25, -0.2) is 0 Å². The Morgan fingerprint density at radius 1 is 0.839 bits per heavy atom. The summed E-state index contributed by atoms with van der Waals surface area (Å²) in [6, 6.07) is 6.51. The molecule has 31 heavy (non-hydrogen) atoms. The van der Waals surface area contributed by atoms with Crippen molar-refractivity contribution in [2.24, 2.45) is 0 Å². The zero-order valence-electron chi connectivity index (χ0n) is 18.2. The van der Waals surface area contributed by atoms with E-state index in [4.69, 9.17) is 23.7 Å². The molecule has 3 aromatic rings. The van der Waals surface area contributed by atoms with Gasteiger partial charge in [0.05, 0.1) is 52.1 Å². The number of carbonyl (C=O) groups excluding carboxylic acids is 1. The van der Waals surface area contributed by atoms with Gasteiger partial charge in [0.1, 0.15) is 17.1 Å². The number of amides is 1. The second kappa shape index (κ2) is 8.86. The molecule has 0 aliphatic rings. The van der Waals surface area contributed by atoms with Crippen LogP contribution in [0, 0.1) is 0 Å². The minimum Gasteiger partial charge on any atom is -0.497 e. The Kier molecular flexibility index (Phi) is 6.24. The van der Waals surface area contributed by atoms with E-state index in [1.165, 1.54) is 46.6 Å². The average Bonchev–Trinajstić information content (AvgIpc) is 2.81. The van der Waals surface area contributed by atoms with E-state index in [1.807, 2.05) is 0 Å². The van der Waals surface area contributed by atoms with Gasteiger partial charge in [-0.15, -0.1) is 0 Å². The predicted molar refractivity (Wildman–Crippen MR) is 117 cm³/mol. The molecule has 1 N–H and O–H groups in total. The van der Waals surface area contributed by atoms with Gasteiger partial charge in [0.25, 0.3) is 5.91 Å². The first-order valence-electron chi connectivity index (χ1n) is 9.25. The molecule has 1 amide bonds. The van der Waals surface area contributed by atoms with E-state index in [0.717, 1.165) is 0 Å². The number of pyridine rings is 1. The van der Waals surface area contributed by atoms with Crippen molar-refractivity contribution in [3.63, 3.8) is 0 Å². The molecule has 0 fully saturated rings. The van der Waals surface area contributed by atoms with Crippen LogP contribution in [0.2, 0.25) is 0 Å². The number of nitrogens with one attached hydrogen (secondary N) is 1. The van der Waals surface area contributed by atoms with Gasteiger partial charge >= 0.3 is 0 Å². The quantitative estimate of drug-likeness (QED) is 0.618. The molecular weight excluding hydrogens is 404 g/mol. The summed E-state index contributed by atoms with van der Waals surface area (Å²) in [7, 11) is 8.98. The van der Waals surface area contributed by atoms with Gasteiger partial charge in [-0.1, -0.05) is 0 Å². The standard InChI is InChI=1S/C22H24N2O7/c1-24(12-7-17(29-4)21(31-6)18(8-12)30-5)22(26)14-11-23-15-9-13(27-2)10-16(28-3)19(15)20(14)25/h7-11H,1-6H3,(H,23,25). The lowest BCUT2D eigenvalue weighted by Crippen LogP contribution is -2.31. The first-order valence-corrected chi connectivity index (χ1v) is 9.25. The number of hydrogen-bond donors (Lipinski definition) is 1. The van der Waals surface area contributed by atoms with Crippen molar-refractivity contribution in [2.45, 2.75) is 0 Å². The molecule has 1 heterocycles. The number of H-pyrrole nitrogens is 1. The highest BCUT2D eigenvalue weighted by Crippen LogP contribution is 2.41. The number of fused-ring (bicyclic) bond motifs is 1. The fourth-order valence-electron chi connectivity index (χ4n) is 3.28. The largest absolute Gasteiger partial charge is 0.497 e. The topological polar surface area (TPSA) is 99.3 Å². The first-order chi connectivity index (χ1) is 14.9. The summed E-state index contributed by atoms with van der Waals surface area (Å²) in [5.41, 5.74) is 0.443. The molecule has 0 unspecified atom stereocenters. The van der Waals surface area contributed by atoms with Crippen LogP contribution in [0.1, 0.15) is 10.4 Å². The third kappa shape index (κ3) is 3.81. The number of anilines is 1. The van der Waals surface area contributed by atoms with E-state index in [9.17, 15) is 9.59 Å². The molecule has 0 saturated carbocycles. The lowest BCUT2D eigenvalue weighted by atomic mass is 10.1. The zero-order valence-corrected chi connectivity index (χ0v) is 18.2. The number of hydrogen-bond acceptors (Lipinski definition) is 7. The Hall–Kier alpha value is -3.88. The lowest BCUT2D eigenvalue weighted by Gasteiger charge is -2.21. The van der Waals surface area contributed by atoms with E-state index in [2.05, 4.69) is 4.98 Å². The number of carbonyl (C=O) groups is 1. The second-order valence-corrected chi connectivity index (χ2v) is 6.53. The number of aromatic amines is 1. The summed E-state index contributed by atoms with van der Waals surface area (Å²) < 4.78 is 26.6. The summed E-state index contributed by atoms with van der Waals surface area (Å²) in [5, 5.41) is 0.257. The maximum absolute atomic E-state index is 13.2. The maximum atomic E-state index is 13.2. The second-order valence-electron chi connectivity index (χ2n) is 6.53. The predicted octanol–water partition coefficient (Wildman–Crippen LogP) is 2.85. The fourth-order valence-corrected chi connectivity index (χ4v) is 3.28. The Labute approximate surface area is 179 Å². The molecule has 0 atom stereocenters. The lowest BCUT2D eigenvalue weighted by molar-refractivity contribution is 0.0992. The minimum atomic E-state index is -0.518. The summed E-state index contributed by atoms with van der Waals surface area (Å²) in [4.78, 5) is 30.7. The average molecular weight is 428 g/mol. The number of benzene rings is 2. The normalized spacial score (nSPS) is 10.5. The Morgan fingerprint density at radius 3 is 1.97 bits per heavy atom. The molecule has 0 aliphatic heterocycles. The molecular formula is C22H24N2O7. The molecule has 0 saturated heterocycles. The van der Waals surface area contributed by atoms with Crippen molar-refractivity contribution < 1.29 is 28.5 Å². The van der Waals surface area contributed by atoms with Crippen LogP contribution in [0.5, 0.6) is 28.7 Å². The van der Waals surface area contributed by atoms with Gasteiger partial charge in [0.15, 0.2) is 11.5 Å². The van der Waals surface area contributed by atoms with Gasteiger partial charge in [-0.2, -0.15) is 0 Å². The van der Waals surface area contributed by atoms with Crippen molar-refractivity contribution >= 4 is 22.5 Å². The number of methoxy groups -OCH3 is 5. The molecule has 3 rings (SSSR count). The van der Waals surface area contributed by atoms with Gasteiger partial charge in [0, 0.05) is 37.5 Å². The molecule has 9 nitrogen and oxygen atoms in total. The molecule has 0 radical (unpaired) electrons. The van der Waals surface area contributed by atoms with Crippen LogP contribution >= 0.6 is 0 Å². The summed E-state index contributed by atoms with van der Waals surface area (Å²) in [6.45, 7) is 0. The van der Waals surface area contributed by atoms with Crippen LogP contribution < -0.4 is 34.0 Å². The SMILES string of the molecule is COc1cc(OC)c2c(=O)c(C(=O)N(C)c3cc(OC)c(OC)c(OC)c3)c[nH]c2c1. The van der Waals surface area contributed by atoms with Crippen molar-refractivity contribution in [1.29, 1.82) is 0 Å². The monoisotopic (exact) mass is 428 g/mol.